The molecule has 1 aliphatic heterocycles. The Hall–Kier alpha value is -1.18. The lowest BCUT2D eigenvalue weighted by molar-refractivity contribution is 0.259. The molecule has 0 radical (unpaired) electrons. The molecule has 5 nitrogen and oxygen atoms in total. The molecule has 1 aliphatic rings. The Balaban J connectivity index is 2.24. The summed E-state index contributed by atoms with van der Waals surface area (Å²) in [6.45, 7) is 2.47. The fourth-order valence-electron chi connectivity index (χ4n) is 2.44. The fourth-order valence-corrected chi connectivity index (χ4v) is 3.95. The molecule has 7 heteroatoms. The highest BCUT2D eigenvalue weighted by molar-refractivity contribution is 7.90. The summed E-state index contributed by atoms with van der Waals surface area (Å²) in [4.78, 5) is 0. The van der Waals surface area contributed by atoms with Crippen molar-refractivity contribution in [3.63, 3.8) is 0 Å². The number of nitrogens with two attached hydrogens (primary N) is 1. The van der Waals surface area contributed by atoms with Gasteiger partial charge in [-0.05, 0) is 37.5 Å². The smallest absolute Gasteiger partial charge is 0.302 e. The molecule has 1 fully saturated rings. The van der Waals surface area contributed by atoms with Gasteiger partial charge in [-0.1, -0.05) is 12.5 Å². The van der Waals surface area contributed by atoms with Gasteiger partial charge in [0.2, 0.25) is 0 Å². The molecule has 2 rings (SSSR count). The second-order valence-electron chi connectivity index (χ2n) is 5.09. The highest BCUT2D eigenvalue weighted by atomic mass is 32.2. The summed E-state index contributed by atoms with van der Waals surface area (Å²) in [7, 11) is -3.77. The van der Waals surface area contributed by atoms with Crippen molar-refractivity contribution in [2.75, 3.05) is 17.8 Å². The average Bonchev–Trinajstić information content (AvgIpc) is 2.42. The highest BCUT2D eigenvalue weighted by Crippen LogP contribution is 2.23. The van der Waals surface area contributed by atoms with Crippen LogP contribution >= 0.6 is 0 Å². The molecule has 20 heavy (non-hydrogen) atoms. The lowest BCUT2D eigenvalue weighted by Gasteiger charge is -2.33. The number of rotatable bonds is 4. The van der Waals surface area contributed by atoms with E-state index in [9.17, 15) is 12.8 Å². The Morgan fingerprint density at radius 3 is 2.90 bits per heavy atom. The second kappa shape index (κ2) is 6.07. The summed E-state index contributed by atoms with van der Waals surface area (Å²) in [5.74, 6) is -0.583. The zero-order chi connectivity index (χ0) is 14.8. The molecule has 1 unspecified atom stereocenters. The van der Waals surface area contributed by atoms with Crippen molar-refractivity contribution in [1.82, 2.24) is 4.31 Å². The van der Waals surface area contributed by atoms with Gasteiger partial charge in [-0.3, -0.25) is 4.72 Å². The SMILES string of the molecule is Cc1ccc(F)c(NS(=O)(=O)N2CCCCC2CN)c1. The van der Waals surface area contributed by atoms with Gasteiger partial charge < -0.3 is 5.73 Å². The lowest BCUT2D eigenvalue weighted by Crippen LogP contribution is -2.49. The number of piperidine rings is 1. The Morgan fingerprint density at radius 1 is 1.45 bits per heavy atom. The van der Waals surface area contributed by atoms with E-state index >= 15 is 0 Å². The molecule has 1 saturated heterocycles. The van der Waals surface area contributed by atoms with Crippen LogP contribution in [0.1, 0.15) is 24.8 Å². The van der Waals surface area contributed by atoms with Crippen molar-refractivity contribution in [2.45, 2.75) is 32.2 Å². The molecule has 0 aromatic heterocycles. The fraction of sp³-hybridized carbons (Fsp3) is 0.538. The van der Waals surface area contributed by atoms with Crippen molar-refractivity contribution in [2.24, 2.45) is 5.73 Å². The topological polar surface area (TPSA) is 75.4 Å². The van der Waals surface area contributed by atoms with Crippen LogP contribution in [0.3, 0.4) is 0 Å². The maximum absolute atomic E-state index is 13.7. The Bertz CT molecular complexity index is 577. The van der Waals surface area contributed by atoms with Gasteiger partial charge in [0.05, 0.1) is 5.69 Å². The van der Waals surface area contributed by atoms with Crippen LogP contribution in [-0.4, -0.2) is 31.9 Å². The number of halogens is 1. The van der Waals surface area contributed by atoms with Crippen LogP contribution in [0.5, 0.6) is 0 Å². The van der Waals surface area contributed by atoms with Crippen LogP contribution in [0.2, 0.25) is 0 Å². The van der Waals surface area contributed by atoms with Crippen LogP contribution in [0.15, 0.2) is 18.2 Å². The predicted molar refractivity (Wildman–Crippen MR) is 77.1 cm³/mol. The summed E-state index contributed by atoms with van der Waals surface area (Å²) in [5, 5.41) is 0. The molecule has 0 aliphatic carbocycles. The third kappa shape index (κ3) is 3.28. The van der Waals surface area contributed by atoms with E-state index in [1.54, 1.807) is 13.0 Å². The number of hydrogen-bond acceptors (Lipinski definition) is 3. The number of nitrogens with one attached hydrogen (secondary N) is 1. The maximum Gasteiger partial charge on any atom is 0.302 e. The van der Waals surface area contributed by atoms with Crippen LogP contribution in [0, 0.1) is 12.7 Å². The minimum absolute atomic E-state index is 0.0219. The summed E-state index contributed by atoms with van der Waals surface area (Å²) in [6, 6.07) is 4.11. The zero-order valence-corrected chi connectivity index (χ0v) is 12.3. The predicted octanol–water partition coefficient (Wildman–Crippen LogP) is 1.60. The van der Waals surface area contributed by atoms with E-state index in [0.29, 0.717) is 6.54 Å². The van der Waals surface area contributed by atoms with Crippen molar-refractivity contribution in [1.29, 1.82) is 0 Å². The molecule has 0 amide bonds. The van der Waals surface area contributed by atoms with Crippen LogP contribution in [0.25, 0.3) is 0 Å². The van der Waals surface area contributed by atoms with Crippen molar-refractivity contribution < 1.29 is 12.8 Å². The molecule has 1 aromatic rings. The van der Waals surface area contributed by atoms with Crippen molar-refractivity contribution in [3.8, 4) is 0 Å². The Kier molecular flexibility index (Phi) is 4.62. The van der Waals surface area contributed by atoms with Gasteiger partial charge in [-0.2, -0.15) is 12.7 Å². The van der Waals surface area contributed by atoms with Gasteiger partial charge in [-0.25, -0.2) is 4.39 Å². The highest BCUT2D eigenvalue weighted by Gasteiger charge is 2.31. The number of benzene rings is 1. The normalized spacial score (nSPS) is 20.9. The quantitative estimate of drug-likeness (QED) is 0.887. The zero-order valence-electron chi connectivity index (χ0n) is 11.5. The Morgan fingerprint density at radius 2 is 2.20 bits per heavy atom. The van der Waals surface area contributed by atoms with Crippen LogP contribution in [-0.2, 0) is 10.2 Å². The molecule has 3 N–H and O–H groups in total. The first-order valence-electron chi connectivity index (χ1n) is 6.70. The van der Waals surface area contributed by atoms with Crippen molar-refractivity contribution in [3.05, 3.63) is 29.6 Å². The number of nitrogens with zero attached hydrogens (tertiary/aromatic N) is 1. The largest absolute Gasteiger partial charge is 0.329 e. The molecular formula is C13H20FN3O2S. The van der Waals surface area contributed by atoms with E-state index in [-0.39, 0.29) is 18.3 Å². The first-order chi connectivity index (χ1) is 9.44. The summed E-state index contributed by atoms with van der Waals surface area (Å²) in [6.07, 6.45) is 2.51. The molecular weight excluding hydrogens is 281 g/mol. The molecule has 1 atom stereocenters. The molecule has 0 bridgehead atoms. The molecule has 1 heterocycles. The minimum atomic E-state index is -3.77. The monoisotopic (exact) mass is 301 g/mol. The van der Waals surface area contributed by atoms with Gasteiger partial charge in [0.1, 0.15) is 5.82 Å². The third-order valence-electron chi connectivity index (χ3n) is 3.51. The van der Waals surface area contributed by atoms with Crippen molar-refractivity contribution >= 4 is 15.9 Å². The third-order valence-corrected chi connectivity index (χ3v) is 5.09. The number of anilines is 1. The standard InChI is InChI=1S/C13H20FN3O2S/c1-10-5-6-12(14)13(8-10)16-20(18,19)17-7-3-2-4-11(17)9-15/h5-6,8,11,16H,2-4,7,9,15H2,1H3. The summed E-state index contributed by atoms with van der Waals surface area (Å²) >= 11 is 0. The van der Waals surface area contributed by atoms with E-state index in [1.165, 1.54) is 16.4 Å². The van der Waals surface area contributed by atoms with E-state index in [4.69, 9.17) is 5.73 Å². The summed E-state index contributed by atoms with van der Waals surface area (Å²) < 4.78 is 42.1. The number of hydrogen-bond donors (Lipinski definition) is 2. The lowest BCUT2D eigenvalue weighted by atomic mass is 10.1. The Labute approximate surface area is 119 Å². The number of aryl methyl sites for hydroxylation is 1. The van der Waals surface area contributed by atoms with E-state index in [0.717, 1.165) is 24.8 Å². The van der Waals surface area contributed by atoms with Gasteiger partial charge in [0.25, 0.3) is 0 Å². The molecule has 0 spiro atoms. The van der Waals surface area contributed by atoms with Gasteiger partial charge in [0, 0.05) is 19.1 Å². The average molecular weight is 301 g/mol. The maximum atomic E-state index is 13.7. The second-order valence-corrected chi connectivity index (χ2v) is 6.71. The van der Waals surface area contributed by atoms with E-state index < -0.39 is 16.0 Å². The van der Waals surface area contributed by atoms with Gasteiger partial charge >= 0.3 is 10.2 Å². The first-order valence-corrected chi connectivity index (χ1v) is 8.14. The van der Waals surface area contributed by atoms with E-state index in [1.807, 2.05) is 0 Å². The van der Waals surface area contributed by atoms with E-state index in [2.05, 4.69) is 4.72 Å². The van der Waals surface area contributed by atoms with Gasteiger partial charge in [0.15, 0.2) is 0 Å². The van der Waals surface area contributed by atoms with Crippen LogP contribution < -0.4 is 10.5 Å². The molecule has 112 valence electrons. The minimum Gasteiger partial charge on any atom is -0.329 e. The molecule has 0 saturated carbocycles. The summed E-state index contributed by atoms with van der Waals surface area (Å²) in [5.41, 5.74) is 6.40. The first kappa shape index (κ1) is 15.2. The van der Waals surface area contributed by atoms with Gasteiger partial charge in [-0.15, -0.1) is 0 Å². The van der Waals surface area contributed by atoms with Crippen LogP contribution in [0.4, 0.5) is 10.1 Å². The molecule has 1 aromatic carbocycles.